The van der Waals surface area contributed by atoms with Crippen LogP contribution in [0.1, 0.15) is 0 Å². The molecule has 0 aliphatic rings. The molecule has 6 heavy (non-hydrogen) atoms. The lowest BCUT2D eigenvalue weighted by Gasteiger charge is -1.63. The molecule has 0 aliphatic carbocycles. The van der Waals surface area contributed by atoms with Crippen LogP contribution < -0.4 is 12.3 Å². The Labute approximate surface area is 55.1 Å². The zero-order valence-electron chi connectivity index (χ0n) is 3.58. The van der Waals surface area contributed by atoms with Crippen molar-refractivity contribution in [2.75, 3.05) is 10.7 Å². The molecule has 0 radical (unpaired) electrons. The summed E-state index contributed by atoms with van der Waals surface area (Å²) in [7, 11) is 0. The van der Waals surface area contributed by atoms with E-state index in [1.165, 1.54) is 0 Å². The first-order chi connectivity index (χ1) is 1.91. The SMILES string of the molecule is BrCCBr.N.N. The molecule has 0 rings (SSSR count). The zero-order chi connectivity index (χ0) is 3.41. The molecular weight excluding hydrogens is 212 g/mol. The van der Waals surface area contributed by atoms with Gasteiger partial charge in [-0.25, -0.2) is 0 Å². The molecule has 0 fully saturated rings. The molecule has 0 aromatic carbocycles. The van der Waals surface area contributed by atoms with E-state index in [0.29, 0.717) is 0 Å². The van der Waals surface area contributed by atoms with Crippen molar-refractivity contribution in [2.24, 2.45) is 0 Å². The summed E-state index contributed by atoms with van der Waals surface area (Å²) in [6.45, 7) is 0. The summed E-state index contributed by atoms with van der Waals surface area (Å²) in [6, 6.07) is 0. The summed E-state index contributed by atoms with van der Waals surface area (Å²) >= 11 is 6.40. The van der Waals surface area contributed by atoms with Crippen molar-refractivity contribution in [3.8, 4) is 0 Å². The fraction of sp³-hybridized carbons (Fsp3) is 1.00. The molecule has 6 N–H and O–H groups in total. The average Bonchev–Trinajstić information content (AvgIpc) is 1.37. The van der Waals surface area contributed by atoms with Crippen molar-refractivity contribution < 1.29 is 0 Å². The van der Waals surface area contributed by atoms with Crippen molar-refractivity contribution in [2.45, 2.75) is 0 Å². The first kappa shape index (κ1) is 15.8. The maximum Gasteiger partial charge on any atom is 0.0129 e. The van der Waals surface area contributed by atoms with Gasteiger partial charge in [0.1, 0.15) is 0 Å². The fourth-order valence-corrected chi connectivity index (χ4v) is 0. The standard InChI is InChI=1S/C2H4Br2.2H3N/c3-1-2-4;;/h1-2H2;2*1H3. The molecule has 0 saturated heterocycles. The van der Waals surface area contributed by atoms with Gasteiger partial charge < -0.3 is 12.3 Å². The van der Waals surface area contributed by atoms with Crippen LogP contribution in [0.2, 0.25) is 0 Å². The van der Waals surface area contributed by atoms with E-state index in [4.69, 9.17) is 0 Å². The minimum Gasteiger partial charge on any atom is -0.344 e. The second-order valence-corrected chi connectivity index (χ2v) is 1.96. The monoisotopic (exact) mass is 220 g/mol. The van der Waals surface area contributed by atoms with Gasteiger partial charge in [-0.2, -0.15) is 0 Å². The highest BCUT2D eigenvalue weighted by Gasteiger charge is 1.60. The number of halogens is 2. The molecule has 0 heterocycles. The van der Waals surface area contributed by atoms with Crippen molar-refractivity contribution in [3.05, 3.63) is 0 Å². The van der Waals surface area contributed by atoms with Gasteiger partial charge in [0.05, 0.1) is 0 Å². The topological polar surface area (TPSA) is 70.0 Å². The minimum absolute atomic E-state index is 0. The summed E-state index contributed by atoms with van der Waals surface area (Å²) in [5.41, 5.74) is 0. The van der Waals surface area contributed by atoms with Crippen LogP contribution in [0.4, 0.5) is 0 Å². The molecule has 42 valence electrons. The Morgan fingerprint density at radius 1 is 0.833 bits per heavy atom. The number of hydrogen-bond acceptors (Lipinski definition) is 2. The van der Waals surface area contributed by atoms with Crippen LogP contribution in [0.3, 0.4) is 0 Å². The summed E-state index contributed by atoms with van der Waals surface area (Å²) in [5, 5.41) is 2.10. The largest absolute Gasteiger partial charge is 0.344 e. The van der Waals surface area contributed by atoms with Gasteiger partial charge in [0.15, 0.2) is 0 Å². The Kier molecular flexibility index (Phi) is 44.5. The van der Waals surface area contributed by atoms with Crippen LogP contribution in [0.5, 0.6) is 0 Å². The quantitative estimate of drug-likeness (QED) is 0.666. The predicted octanol–water partition coefficient (Wildman–Crippen LogP) is 2.10. The molecule has 0 unspecified atom stereocenters. The molecule has 0 aliphatic heterocycles. The molecule has 0 amide bonds. The summed E-state index contributed by atoms with van der Waals surface area (Å²) in [5.74, 6) is 0. The molecule has 0 atom stereocenters. The van der Waals surface area contributed by atoms with Crippen molar-refractivity contribution in [1.29, 1.82) is 0 Å². The Bertz CT molecular complexity index is 11.5. The third-order valence-corrected chi connectivity index (χ3v) is 1.93. The van der Waals surface area contributed by atoms with E-state index in [2.05, 4.69) is 31.9 Å². The first-order valence-corrected chi connectivity index (χ1v) is 3.28. The van der Waals surface area contributed by atoms with E-state index < -0.39 is 0 Å². The Morgan fingerprint density at radius 3 is 1.00 bits per heavy atom. The highest BCUT2D eigenvalue weighted by molar-refractivity contribution is 9.11. The Hall–Kier alpha value is 0.880. The van der Waals surface area contributed by atoms with Gasteiger partial charge in [-0.1, -0.05) is 31.9 Å². The molecule has 0 saturated carbocycles. The third kappa shape index (κ3) is 20.8. The van der Waals surface area contributed by atoms with Gasteiger partial charge in [0, 0.05) is 10.7 Å². The van der Waals surface area contributed by atoms with E-state index in [0.717, 1.165) is 10.7 Å². The van der Waals surface area contributed by atoms with Crippen LogP contribution >= 0.6 is 31.9 Å². The highest BCUT2D eigenvalue weighted by atomic mass is 79.9. The number of hydrogen-bond donors (Lipinski definition) is 2. The van der Waals surface area contributed by atoms with E-state index in [9.17, 15) is 0 Å². The molecular formula is C2H10Br2N2. The van der Waals surface area contributed by atoms with Crippen LogP contribution in [0.25, 0.3) is 0 Å². The average molecular weight is 222 g/mol. The normalized spacial score (nSPS) is 5.00. The lowest BCUT2D eigenvalue weighted by atomic mass is 11.0. The summed E-state index contributed by atoms with van der Waals surface area (Å²) < 4.78 is 0. The first-order valence-electron chi connectivity index (χ1n) is 1.03. The van der Waals surface area contributed by atoms with Gasteiger partial charge in [-0.05, 0) is 0 Å². The zero-order valence-corrected chi connectivity index (χ0v) is 6.76. The fourth-order valence-electron chi connectivity index (χ4n) is 0. The Balaban J connectivity index is -0.0000000450. The van der Waals surface area contributed by atoms with E-state index in [-0.39, 0.29) is 12.3 Å². The second-order valence-electron chi connectivity index (χ2n) is 0.378. The van der Waals surface area contributed by atoms with Gasteiger partial charge in [0.2, 0.25) is 0 Å². The van der Waals surface area contributed by atoms with Crippen LogP contribution in [0, 0.1) is 0 Å². The maximum absolute atomic E-state index is 3.20. The molecule has 0 spiro atoms. The smallest absolute Gasteiger partial charge is 0.0129 e. The van der Waals surface area contributed by atoms with Gasteiger partial charge in [-0.3, -0.25) is 0 Å². The van der Waals surface area contributed by atoms with E-state index in [1.54, 1.807) is 0 Å². The molecule has 0 bridgehead atoms. The predicted molar refractivity (Wildman–Crippen MR) is 37.6 cm³/mol. The molecule has 0 aromatic heterocycles. The third-order valence-electron chi connectivity index (χ3n) is 0.0714. The van der Waals surface area contributed by atoms with Crippen LogP contribution in [-0.4, -0.2) is 10.7 Å². The highest BCUT2D eigenvalue weighted by Crippen LogP contribution is 1.82. The van der Waals surface area contributed by atoms with E-state index in [1.807, 2.05) is 0 Å². The summed E-state index contributed by atoms with van der Waals surface area (Å²) in [6.07, 6.45) is 0. The number of alkyl halides is 2. The summed E-state index contributed by atoms with van der Waals surface area (Å²) in [4.78, 5) is 0. The van der Waals surface area contributed by atoms with Crippen molar-refractivity contribution in [1.82, 2.24) is 12.3 Å². The maximum atomic E-state index is 3.20. The second kappa shape index (κ2) is 16.9. The lowest BCUT2D eigenvalue weighted by Crippen LogP contribution is -1.61. The van der Waals surface area contributed by atoms with Crippen molar-refractivity contribution in [3.63, 3.8) is 0 Å². The van der Waals surface area contributed by atoms with Crippen molar-refractivity contribution >= 4 is 31.9 Å². The number of rotatable bonds is 1. The van der Waals surface area contributed by atoms with Gasteiger partial charge in [0.25, 0.3) is 0 Å². The molecule has 4 heteroatoms. The lowest BCUT2D eigenvalue weighted by molar-refractivity contribution is 1.62. The van der Waals surface area contributed by atoms with Crippen LogP contribution in [0.15, 0.2) is 0 Å². The van der Waals surface area contributed by atoms with Crippen LogP contribution in [-0.2, 0) is 0 Å². The minimum atomic E-state index is 0. The van der Waals surface area contributed by atoms with Gasteiger partial charge in [-0.15, -0.1) is 0 Å². The Morgan fingerprint density at radius 2 is 1.00 bits per heavy atom. The van der Waals surface area contributed by atoms with E-state index >= 15 is 0 Å². The van der Waals surface area contributed by atoms with Gasteiger partial charge >= 0.3 is 0 Å². The molecule has 2 nitrogen and oxygen atoms in total. The molecule has 0 aromatic rings.